The molecule has 0 aliphatic carbocycles. The molecule has 0 aromatic heterocycles. The lowest BCUT2D eigenvalue weighted by Gasteiger charge is -2.20. The molecule has 1 atom stereocenters. The fourth-order valence-electron chi connectivity index (χ4n) is 4.02. The average molecular weight is 349 g/mol. The van der Waals surface area contributed by atoms with Crippen molar-refractivity contribution >= 4 is 5.90 Å². The van der Waals surface area contributed by atoms with Gasteiger partial charge in [-0.05, 0) is 45.2 Å². The minimum Gasteiger partial charge on any atom is -0.476 e. The average Bonchev–Trinajstić information content (AvgIpc) is 3.18. The van der Waals surface area contributed by atoms with Crippen LogP contribution >= 0.6 is 0 Å². The molecule has 136 valence electrons. The summed E-state index contributed by atoms with van der Waals surface area (Å²) in [6, 6.07) is 17.3. The molecule has 26 heavy (non-hydrogen) atoms. The van der Waals surface area contributed by atoms with Gasteiger partial charge in [-0.1, -0.05) is 66.6 Å². The van der Waals surface area contributed by atoms with Gasteiger partial charge in [-0.3, -0.25) is 0 Å². The third-order valence-corrected chi connectivity index (χ3v) is 5.58. The van der Waals surface area contributed by atoms with Crippen LogP contribution in [0.25, 0.3) is 0 Å². The van der Waals surface area contributed by atoms with Gasteiger partial charge in [0.05, 0.1) is 5.54 Å². The van der Waals surface area contributed by atoms with Crippen LogP contribution in [0.1, 0.15) is 49.4 Å². The van der Waals surface area contributed by atoms with Crippen molar-refractivity contribution in [1.29, 1.82) is 0 Å². The molecule has 2 aliphatic heterocycles. The highest BCUT2D eigenvalue weighted by molar-refractivity contribution is 5.93. The van der Waals surface area contributed by atoms with E-state index in [-0.39, 0.29) is 5.54 Å². The van der Waals surface area contributed by atoms with Crippen LogP contribution in [0.4, 0.5) is 0 Å². The zero-order valence-corrected chi connectivity index (χ0v) is 16.3. The topological polar surface area (TPSA) is 34.1 Å². The number of benzene rings is 2. The molecule has 0 spiro atoms. The lowest BCUT2D eigenvalue weighted by molar-refractivity contribution is 0.241. The molecule has 4 rings (SSSR count). The van der Waals surface area contributed by atoms with Crippen molar-refractivity contribution in [2.24, 2.45) is 4.99 Å². The van der Waals surface area contributed by atoms with E-state index in [2.05, 4.69) is 83.1 Å². The van der Waals surface area contributed by atoms with Gasteiger partial charge in [-0.2, -0.15) is 0 Å². The van der Waals surface area contributed by atoms with Crippen molar-refractivity contribution in [3.8, 4) is 0 Å². The van der Waals surface area contributed by atoms with Gasteiger partial charge >= 0.3 is 0 Å². The van der Waals surface area contributed by atoms with Crippen molar-refractivity contribution < 1.29 is 9.47 Å². The molecule has 3 heteroatoms. The van der Waals surface area contributed by atoms with Gasteiger partial charge in [0.25, 0.3) is 0 Å². The molecule has 1 unspecified atom stereocenters. The summed E-state index contributed by atoms with van der Waals surface area (Å²) in [6.07, 6.45) is 0.809. The second-order valence-corrected chi connectivity index (χ2v) is 8.21. The molecule has 0 amide bonds. The van der Waals surface area contributed by atoms with Crippen molar-refractivity contribution in [3.63, 3.8) is 0 Å². The molecule has 3 nitrogen and oxygen atoms in total. The summed E-state index contributed by atoms with van der Waals surface area (Å²) in [5, 5.41) is 0. The molecular weight excluding hydrogens is 322 g/mol. The van der Waals surface area contributed by atoms with Gasteiger partial charge in [-0.15, -0.1) is 0 Å². The summed E-state index contributed by atoms with van der Waals surface area (Å²) in [7, 11) is 0. The van der Waals surface area contributed by atoms with Crippen LogP contribution < -0.4 is 0 Å². The third kappa shape index (κ3) is 2.41. The van der Waals surface area contributed by atoms with Crippen molar-refractivity contribution in [1.82, 2.24) is 0 Å². The van der Waals surface area contributed by atoms with E-state index in [1.807, 2.05) is 0 Å². The smallest absolute Gasteiger partial charge is 0.221 e. The lowest BCUT2D eigenvalue weighted by Crippen LogP contribution is -2.33. The molecule has 0 saturated carbocycles. The van der Waals surface area contributed by atoms with Crippen LogP contribution in [-0.2, 0) is 15.1 Å². The Kier molecular flexibility index (Phi) is 3.78. The summed E-state index contributed by atoms with van der Waals surface area (Å²) in [5.41, 5.74) is 3.52. The van der Waals surface area contributed by atoms with Gasteiger partial charge in [0, 0.05) is 0 Å². The summed E-state index contributed by atoms with van der Waals surface area (Å²) >= 11 is 0. The van der Waals surface area contributed by atoms with Gasteiger partial charge in [0.1, 0.15) is 6.61 Å². The first-order chi connectivity index (χ1) is 12.3. The van der Waals surface area contributed by atoms with Crippen LogP contribution in [0.5, 0.6) is 0 Å². The maximum Gasteiger partial charge on any atom is 0.221 e. The van der Waals surface area contributed by atoms with E-state index in [0.29, 0.717) is 6.61 Å². The van der Waals surface area contributed by atoms with Crippen LogP contribution in [0.15, 0.2) is 53.5 Å². The Balaban J connectivity index is 1.88. The van der Waals surface area contributed by atoms with Crippen molar-refractivity contribution in [2.75, 3.05) is 6.61 Å². The highest BCUT2D eigenvalue weighted by Crippen LogP contribution is 2.63. The summed E-state index contributed by atoms with van der Waals surface area (Å²) in [4.78, 5) is 4.88. The summed E-state index contributed by atoms with van der Waals surface area (Å²) in [5.74, 6) is 0.742. The fraction of sp³-hybridized carbons (Fsp3) is 0.435. The molecule has 0 bridgehead atoms. The van der Waals surface area contributed by atoms with E-state index < -0.39 is 11.2 Å². The van der Waals surface area contributed by atoms with E-state index in [1.54, 1.807) is 0 Å². The molecule has 2 heterocycles. The Bertz CT molecular complexity index is 803. The SMILES string of the molecule is CCC1(C2=NC(C)(C)CO2)OC1(c1ccc(C)cc1)c1ccc(C)cc1. The summed E-state index contributed by atoms with van der Waals surface area (Å²) in [6.45, 7) is 11.2. The number of hydrogen-bond acceptors (Lipinski definition) is 3. The maximum absolute atomic E-state index is 6.61. The maximum atomic E-state index is 6.61. The predicted octanol–water partition coefficient (Wildman–Crippen LogP) is 4.93. The number of aryl methyl sites for hydroxylation is 2. The molecule has 2 aromatic carbocycles. The minimum absolute atomic E-state index is 0.199. The standard InChI is InChI=1S/C23H27NO2/c1-6-22(20-24-21(4,5)15-25-20)23(26-22,18-11-7-16(2)8-12-18)19-13-9-17(3)10-14-19/h7-14H,6,15H2,1-5H3. The minimum atomic E-state index is -0.539. The Labute approximate surface area is 156 Å². The van der Waals surface area contributed by atoms with E-state index in [0.717, 1.165) is 23.4 Å². The number of aliphatic imine (C=N–C) groups is 1. The van der Waals surface area contributed by atoms with E-state index >= 15 is 0 Å². The van der Waals surface area contributed by atoms with E-state index in [4.69, 9.17) is 14.5 Å². The predicted molar refractivity (Wildman–Crippen MR) is 105 cm³/mol. The highest BCUT2D eigenvalue weighted by Gasteiger charge is 2.75. The van der Waals surface area contributed by atoms with Crippen molar-refractivity contribution in [3.05, 3.63) is 70.8 Å². The summed E-state index contributed by atoms with van der Waals surface area (Å²) < 4.78 is 12.7. The first kappa shape index (κ1) is 17.3. The third-order valence-electron chi connectivity index (χ3n) is 5.58. The fourth-order valence-corrected chi connectivity index (χ4v) is 4.02. The normalized spacial score (nSPS) is 25.5. The zero-order valence-electron chi connectivity index (χ0n) is 16.3. The van der Waals surface area contributed by atoms with Crippen LogP contribution in [0.2, 0.25) is 0 Å². The quantitative estimate of drug-likeness (QED) is 0.733. The number of rotatable bonds is 4. The first-order valence-electron chi connectivity index (χ1n) is 9.41. The van der Waals surface area contributed by atoms with Gasteiger partial charge in [0.2, 0.25) is 5.90 Å². The monoisotopic (exact) mass is 349 g/mol. The zero-order chi connectivity index (χ0) is 18.6. The van der Waals surface area contributed by atoms with Gasteiger partial charge in [0.15, 0.2) is 11.2 Å². The molecule has 2 aromatic rings. The van der Waals surface area contributed by atoms with Crippen LogP contribution in [0.3, 0.4) is 0 Å². The molecule has 1 fully saturated rings. The van der Waals surface area contributed by atoms with Crippen LogP contribution in [-0.4, -0.2) is 23.6 Å². The lowest BCUT2D eigenvalue weighted by atomic mass is 9.78. The second kappa shape index (κ2) is 5.68. The Morgan fingerprint density at radius 3 is 1.77 bits per heavy atom. The first-order valence-corrected chi connectivity index (χ1v) is 9.41. The number of epoxide rings is 1. The highest BCUT2D eigenvalue weighted by atomic mass is 16.7. The Hall–Kier alpha value is -2.13. The molecule has 1 saturated heterocycles. The molecule has 0 N–H and O–H groups in total. The molecule has 0 radical (unpaired) electrons. The second-order valence-electron chi connectivity index (χ2n) is 8.21. The van der Waals surface area contributed by atoms with E-state index in [1.165, 1.54) is 11.1 Å². The van der Waals surface area contributed by atoms with Gasteiger partial charge in [-0.25, -0.2) is 4.99 Å². The Morgan fingerprint density at radius 1 is 0.885 bits per heavy atom. The number of hydrogen-bond donors (Lipinski definition) is 0. The van der Waals surface area contributed by atoms with Crippen LogP contribution in [0, 0.1) is 13.8 Å². The largest absolute Gasteiger partial charge is 0.476 e. The van der Waals surface area contributed by atoms with Gasteiger partial charge < -0.3 is 9.47 Å². The Morgan fingerprint density at radius 2 is 1.38 bits per heavy atom. The number of nitrogens with zero attached hydrogens (tertiary/aromatic N) is 1. The van der Waals surface area contributed by atoms with E-state index in [9.17, 15) is 0 Å². The number of ether oxygens (including phenoxy) is 2. The molecule has 2 aliphatic rings. The van der Waals surface area contributed by atoms with Crippen molar-refractivity contribution in [2.45, 2.75) is 57.8 Å². The molecular formula is C23H27NO2.